The summed E-state index contributed by atoms with van der Waals surface area (Å²) in [7, 11) is 3.45. The van der Waals surface area contributed by atoms with Crippen molar-refractivity contribution in [1.29, 1.82) is 0 Å². The number of amides is 3. The summed E-state index contributed by atoms with van der Waals surface area (Å²) in [5, 5.41) is 0. The fraction of sp³-hybridized carbons (Fsp3) is 0.192. The van der Waals surface area contributed by atoms with Gasteiger partial charge in [0.25, 0.3) is 5.91 Å². The summed E-state index contributed by atoms with van der Waals surface area (Å²) < 4.78 is 6.43. The summed E-state index contributed by atoms with van der Waals surface area (Å²) in [4.78, 5) is 42.7. The van der Waals surface area contributed by atoms with Crippen LogP contribution in [0.4, 0.5) is 17.1 Å². The molecule has 0 bridgehead atoms. The van der Waals surface area contributed by atoms with Gasteiger partial charge >= 0.3 is 0 Å². The number of rotatable bonds is 10. The molecule has 182 valence electrons. The van der Waals surface area contributed by atoms with Gasteiger partial charge in [-0.1, -0.05) is 52.3 Å². The number of likely N-dealkylation sites (N-methyl/N-ethyl adjacent to an activating group) is 2. The molecule has 3 aromatic rings. The lowest BCUT2D eigenvalue weighted by molar-refractivity contribution is -0.121. The number of halogens is 1. The topological polar surface area (TPSA) is 96.2 Å². The van der Waals surface area contributed by atoms with Crippen LogP contribution < -0.4 is 25.2 Å². The lowest BCUT2D eigenvalue weighted by Crippen LogP contribution is -2.45. The number of carbonyl (C=O) groups is 3. The molecule has 0 unspecified atom stereocenters. The number of hydrogen-bond donors (Lipinski definition) is 1. The third-order valence-electron chi connectivity index (χ3n) is 5.26. The third kappa shape index (κ3) is 7.07. The summed E-state index contributed by atoms with van der Waals surface area (Å²) in [6.45, 7) is -0.578. The van der Waals surface area contributed by atoms with Crippen molar-refractivity contribution in [3.8, 4) is 5.75 Å². The normalized spacial score (nSPS) is 10.4. The summed E-state index contributed by atoms with van der Waals surface area (Å²) in [6, 6.07) is 23.5. The van der Waals surface area contributed by atoms with Gasteiger partial charge in [-0.2, -0.15) is 0 Å². The lowest BCUT2D eigenvalue weighted by atomic mass is 10.2. The molecule has 0 heterocycles. The second-order valence-electron chi connectivity index (χ2n) is 7.83. The van der Waals surface area contributed by atoms with Gasteiger partial charge in [0.05, 0.1) is 12.2 Å². The summed E-state index contributed by atoms with van der Waals surface area (Å²) in [5.41, 5.74) is 7.14. The highest BCUT2D eigenvalue weighted by molar-refractivity contribution is 9.10. The largest absolute Gasteiger partial charge is 0.482 e. The van der Waals surface area contributed by atoms with Crippen molar-refractivity contribution in [3.63, 3.8) is 0 Å². The van der Waals surface area contributed by atoms with Crippen molar-refractivity contribution < 1.29 is 19.1 Å². The lowest BCUT2D eigenvalue weighted by Gasteiger charge is -2.29. The van der Waals surface area contributed by atoms with Gasteiger partial charge in [0.15, 0.2) is 6.61 Å². The highest BCUT2D eigenvalue weighted by atomic mass is 79.9. The maximum atomic E-state index is 13.6. The van der Waals surface area contributed by atoms with E-state index in [1.165, 1.54) is 9.80 Å². The van der Waals surface area contributed by atoms with E-state index in [0.29, 0.717) is 11.4 Å². The van der Waals surface area contributed by atoms with Crippen LogP contribution in [0.5, 0.6) is 5.75 Å². The van der Waals surface area contributed by atoms with Crippen LogP contribution >= 0.6 is 15.9 Å². The molecule has 0 radical (unpaired) electrons. The van der Waals surface area contributed by atoms with Gasteiger partial charge in [-0.3, -0.25) is 19.3 Å². The van der Waals surface area contributed by atoms with E-state index in [9.17, 15) is 14.4 Å². The molecule has 0 spiro atoms. The first-order valence-electron chi connectivity index (χ1n) is 10.8. The zero-order valence-electron chi connectivity index (χ0n) is 19.6. The Bertz CT molecular complexity index is 1190. The van der Waals surface area contributed by atoms with E-state index in [1.54, 1.807) is 43.3 Å². The standard InChI is InChI=1S/C26H27BrN4O4/c1-29(21-12-8-9-19(27)15-21)16-26(34)31(17-25(33)30(2)20-10-4-3-5-11-20)22-13-6-7-14-23(22)35-18-24(28)32/h3-15H,16-18H2,1-2H3,(H2,28,32). The molecule has 0 atom stereocenters. The number of nitrogens with two attached hydrogens (primary N) is 1. The van der Waals surface area contributed by atoms with Gasteiger partial charge < -0.3 is 20.3 Å². The van der Waals surface area contributed by atoms with Crippen LogP contribution in [-0.4, -0.2) is 51.5 Å². The Morgan fingerprint density at radius 1 is 0.829 bits per heavy atom. The smallest absolute Gasteiger partial charge is 0.255 e. The number of ether oxygens (including phenoxy) is 1. The SMILES string of the molecule is CN(CC(=O)N(CC(=O)N(C)c1ccccc1)c1ccccc1OCC(N)=O)c1cccc(Br)c1. The van der Waals surface area contributed by atoms with E-state index < -0.39 is 5.91 Å². The molecule has 0 fully saturated rings. The van der Waals surface area contributed by atoms with Crippen LogP contribution in [0.2, 0.25) is 0 Å². The predicted molar refractivity (Wildman–Crippen MR) is 141 cm³/mol. The quantitative estimate of drug-likeness (QED) is 0.426. The van der Waals surface area contributed by atoms with Gasteiger partial charge in [0, 0.05) is 29.9 Å². The number of carbonyl (C=O) groups excluding carboxylic acids is 3. The summed E-state index contributed by atoms with van der Waals surface area (Å²) in [5.74, 6) is -0.983. The number of benzene rings is 3. The van der Waals surface area contributed by atoms with E-state index in [4.69, 9.17) is 10.5 Å². The molecule has 35 heavy (non-hydrogen) atoms. The van der Waals surface area contributed by atoms with E-state index in [-0.39, 0.29) is 37.3 Å². The van der Waals surface area contributed by atoms with Crippen molar-refractivity contribution in [1.82, 2.24) is 0 Å². The second kappa shape index (κ2) is 12.0. The number of hydrogen-bond acceptors (Lipinski definition) is 5. The molecule has 0 saturated carbocycles. The van der Waals surface area contributed by atoms with Crippen molar-refractivity contribution in [2.24, 2.45) is 5.73 Å². The molecule has 9 heteroatoms. The Hall–Kier alpha value is -3.85. The Morgan fingerprint density at radius 3 is 2.17 bits per heavy atom. The molecule has 0 aliphatic carbocycles. The van der Waals surface area contributed by atoms with Crippen LogP contribution in [0.15, 0.2) is 83.3 Å². The Balaban J connectivity index is 1.90. The second-order valence-corrected chi connectivity index (χ2v) is 8.74. The average molecular weight is 539 g/mol. The van der Waals surface area contributed by atoms with Crippen LogP contribution in [0.1, 0.15) is 0 Å². The summed E-state index contributed by atoms with van der Waals surface area (Å²) in [6.07, 6.45) is 0. The van der Waals surface area contributed by atoms with Crippen molar-refractivity contribution in [2.45, 2.75) is 0 Å². The third-order valence-corrected chi connectivity index (χ3v) is 5.75. The molecular weight excluding hydrogens is 512 g/mol. The first-order valence-corrected chi connectivity index (χ1v) is 11.6. The first-order chi connectivity index (χ1) is 16.8. The number of para-hydroxylation sites is 3. The molecule has 0 aliphatic rings. The van der Waals surface area contributed by atoms with E-state index in [1.807, 2.05) is 54.6 Å². The molecule has 3 aromatic carbocycles. The van der Waals surface area contributed by atoms with Crippen LogP contribution in [0.25, 0.3) is 0 Å². The van der Waals surface area contributed by atoms with Gasteiger partial charge in [-0.15, -0.1) is 0 Å². The van der Waals surface area contributed by atoms with Gasteiger partial charge in [-0.05, 0) is 42.5 Å². The molecular formula is C26H27BrN4O4. The van der Waals surface area contributed by atoms with Crippen molar-refractivity contribution in [2.75, 3.05) is 48.5 Å². The monoisotopic (exact) mass is 538 g/mol. The predicted octanol–water partition coefficient (Wildman–Crippen LogP) is 3.45. The minimum absolute atomic E-state index is 0.00292. The highest BCUT2D eigenvalue weighted by Gasteiger charge is 2.25. The maximum Gasteiger partial charge on any atom is 0.255 e. The van der Waals surface area contributed by atoms with Crippen LogP contribution in [0.3, 0.4) is 0 Å². The van der Waals surface area contributed by atoms with Gasteiger partial charge in [-0.25, -0.2) is 0 Å². The Kier molecular flexibility index (Phi) is 8.86. The first kappa shape index (κ1) is 25.8. The number of nitrogens with zero attached hydrogens (tertiary/aromatic N) is 3. The molecule has 0 aromatic heterocycles. The zero-order chi connectivity index (χ0) is 25.4. The van der Waals surface area contributed by atoms with E-state index >= 15 is 0 Å². The molecule has 0 aliphatic heterocycles. The molecule has 0 saturated heterocycles. The zero-order valence-corrected chi connectivity index (χ0v) is 21.1. The van der Waals surface area contributed by atoms with E-state index in [2.05, 4.69) is 15.9 Å². The van der Waals surface area contributed by atoms with Crippen molar-refractivity contribution >= 4 is 50.7 Å². The van der Waals surface area contributed by atoms with Crippen molar-refractivity contribution in [3.05, 3.63) is 83.3 Å². The molecule has 3 amide bonds. The Labute approximate surface area is 213 Å². The highest BCUT2D eigenvalue weighted by Crippen LogP contribution is 2.29. The van der Waals surface area contributed by atoms with Gasteiger partial charge in [0.1, 0.15) is 12.3 Å². The van der Waals surface area contributed by atoms with Crippen LogP contribution in [-0.2, 0) is 14.4 Å². The number of primary amides is 1. The number of anilines is 3. The summed E-state index contributed by atoms with van der Waals surface area (Å²) >= 11 is 3.45. The van der Waals surface area contributed by atoms with E-state index in [0.717, 1.165) is 10.2 Å². The Morgan fingerprint density at radius 2 is 1.49 bits per heavy atom. The van der Waals surface area contributed by atoms with Gasteiger partial charge in [0.2, 0.25) is 11.8 Å². The fourth-order valence-electron chi connectivity index (χ4n) is 3.39. The fourth-order valence-corrected chi connectivity index (χ4v) is 3.78. The average Bonchev–Trinajstić information content (AvgIpc) is 2.86. The minimum atomic E-state index is -0.646. The molecule has 8 nitrogen and oxygen atoms in total. The van der Waals surface area contributed by atoms with Crippen LogP contribution in [0, 0.1) is 0 Å². The molecule has 2 N–H and O–H groups in total. The maximum absolute atomic E-state index is 13.6. The molecule has 3 rings (SSSR count). The minimum Gasteiger partial charge on any atom is -0.482 e.